The van der Waals surface area contributed by atoms with Crippen LogP contribution in [0.15, 0.2) is 115 Å². The van der Waals surface area contributed by atoms with E-state index in [0.29, 0.717) is 0 Å². The van der Waals surface area contributed by atoms with Crippen LogP contribution in [0.3, 0.4) is 0 Å². The molecule has 0 atom stereocenters. The van der Waals surface area contributed by atoms with E-state index in [0.717, 1.165) is 0 Å². The van der Waals surface area contributed by atoms with Crippen LogP contribution in [0.4, 0.5) is 0 Å². The van der Waals surface area contributed by atoms with E-state index >= 15 is 0 Å². The molecule has 0 N–H and O–H groups in total. The molecule has 0 saturated heterocycles. The molecule has 0 amide bonds. The van der Waals surface area contributed by atoms with Crippen LogP contribution in [0.25, 0.3) is 55.6 Å². The maximum Gasteiger partial charge on any atom is -0.00928 e. The van der Waals surface area contributed by atoms with E-state index < -0.39 is 0 Å². The predicted molar refractivity (Wildman–Crippen MR) is 132 cm³/mol. The molecule has 146 valence electrons. The van der Waals surface area contributed by atoms with Crippen LogP contribution in [0.5, 0.6) is 0 Å². The van der Waals surface area contributed by atoms with Gasteiger partial charge in [0, 0.05) is 0 Å². The first-order chi connectivity index (χ1) is 15.3. The van der Waals surface area contributed by atoms with Crippen molar-refractivity contribution in [3.8, 4) is 55.6 Å². The summed E-state index contributed by atoms with van der Waals surface area (Å²) in [4.78, 5) is 0. The SMILES string of the molecule is Cc1ccc(-c2ccc3c(c2)-c2ccccc2-c2ccccc2-c2ccccc2-3)cc1. The normalized spacial score (nSPS) is 11.4. The van der Waals surface area contributed by atoms with Crippen molar-refractivity contribution in [3.05, 3.63) is 121 Å². The summed E-state index contributed by atoms with van der Waals surface area (Å²) >= 11 is 0. The van der Waals surface area contributed by atoms with Crippen LogP contribution in [0.2, 0.25) is 0 Å². The van der Waals surface area contributed by atoms with Crippen molar-refractivity contribution in [2.45, 2.75) is 6.92 Å². The maximum absolute atomic E-state index is 2.36. The summed E-state index contributed by atoms with van der Waals surface area (Å²) < 4.78 is 0. The molecule has 0 saturated carbocycles. The van der Waals surface area contributed by atoms with Crippen LogP contribution >= 0.6 is 0 Å². The van der Waals surface area contributed by atoms with Crippen LogP contribution in [0.1, 0.15) is 5.56 Å². The minimum atomic E-state index is 1.25. The Kier molecular flexibility index (Phi) is 4.11. The van der Waals surface area contributed by atoms with Gasteiger partial charge in [-0.05, 0) is 68.6 Å². The fraction of sp³-hybridized carbons (Fsp3) is 0.0323. The van der Waals surface area contributed by atoms with E-state index in [1.54, 1.807) is 0 Å². The largest absolute Gasteiger partial charge is 0.0616 e. The summed E-state index contributed by atoms with van der Waals surface area (Å²) in [5.41, 5.74) is 14.1. The first-order valence-corrected chi connectivity index (χ1v) is 10.8. The minimum Gasteiger partial charge on any atom is -0.0616 e. The highest BCUT2D eigenvalue weighted by molar-refractivity contribution is 6.03. The second-order valence-corrected chi connectivity index (χ2v) is 8.26. The van der Waals surface area contributed by atoms with Gasteiger partial charge in [0.25, 0.3) is 0 Å². The Labute approximate surface area is 183 Å². The lowest BCUT2D eigenvalue weighted by molar-refractivity contribution is 1.46. The summed E-state index contributed by atoms with van der Waals surface area (Å²) in [6.07, 6.45) is 0. The number of fused-ring (bicyclic) bond motifs is 8. The molecule has 0 aromatic heterocycles. The molecule has 0 nitrogen and oxygen atoms in total. The Hall–Kier alpha value is -3.90. The van der Waals surface area contributed by atoms with Gasteiger partial charge in [-0.2, -0.15) is 0 Å². The lowest BCUT2D eigenvalue weighted by Crippen LogP contribution is -1.97. The van der Waals surface area contributed by atoms with Crippen molar-refractivity contribution in [1.82, 2.24) is 0 Å². The number of rotatable bonds is 1. The molecule has 0 aliphatic heterocycles. The van der Waals surface area contributed by atoms with Gasteiger partial charge < -0.3 is 0 Å². The Morgan fingerprint density at radius 2 is 0.677 bits per heavy atom. The first kappa shape index (κ1) is 17.9. The van der Waals surface area contributed by atoms with Crippen molar-refractivity contribution >= 4 is 0 Å². The molecule has 0 heteroatoms. The minimum absolute atomic E-state index is 1.25. The van der Waals surface area contributed by atoms with Gasteiger partial charge in [-0.15, -0.1) is 0 Å². The quantitative estimate of drug-likeness (QED) is 0.262. The topological polar surface area (TPSA) is 0 Å². The van der Waals surface area contributed by atoms with E-state index in [2.05, 4.69) is 122 Å². The van der Waals surface area contributed by atoms with Gasteiger partial charge in [-0.3, -0.25) is 0 Å². The van der Waals surface area contributed by atoms with E-state index in [9.17, 15) is 0 Å². The average Bonchev–Trinajstić information content (AvgIpc) is 2.83. The summed E-state index contributed by atoms with van der Waals surface area (Å²) in [5.74, 6) is 0. The van der Waals surface area contributed by atoms with Crippen molar-refractivity contribution in [3.63, 3.8) is 0 Å². The van der Waals surface area contributed by atoms with Gasteiger partial charge in [0.05, 0.1) is 0 Å². The zero-order valence-corrected chi connectivity index (χ0v) is 17.5. The molecule has 1 aliphatic carbocycles. The zero-order valence-electron chi connectivity index (χ0n) is 17.5. The summed E-state index contributed by atoms with van der Waals surface area (Å²) in [6.45, 7) is 2.13. The number of hydrogen-bond donors (Lipinski definition) is 0. The van der Waals surface area contributed by atoms with E-state index in [-0.39, 0.29) is 0 Å². The first-order valence-electron chi connectivity index (χ1n) is 10.8. The van der Waals surface area contributed by atoms with Crippen molar-refractivity contribution in [2.24, 2.45) is 0 Å². The van der Waals surface area contributed by atoms with Gasteiger partial charge in [-0.1, -0.05) is 115 Å². The molecule has 0 unspecified atom stereocenters. The smallest absolute Gasteiger partial charge is 0.00928 e. The Morgan fingerprint density at radius 3 is 1.13 bits per heavy atom. The molecule has 31 heavy (non-hydrogen) atoms. The Morgan fingerprint density at radius 1 is 0.323 bits per heavy atom. The fourth-order valence-electron chi connectivity index (χ4n) is 4.79. The molecule has 0 bridgehead atoms. The fourth-order valence-corrected chi connectivity index (χ4v) is 4.79. The molecular weight excluding hydrogens is 372 g/mol. The monoisotopic (exact) mass is 394 g/mol. The molecular formula is C31H22. The molecule has 0 heterocycles. The lowest BCUT2D eigenvalue weighted by atomic mass is 9.80. The predicted octanol–water partition coefficient (Wildman–Crippen LogP) is 8.64. The Balaban J connectivity index is 1.70. The average molecular weight is 395 g/mol. The van der Waals surface area contributed by atoms with Crippen molar-refractivity contribution in [1.29, 1.82) is 0 Å². The third kappa shape index (κ3) is 2.92. The molecule has 5 aromatic rings. The Bertz CT molecular complexity index is 1420. The lowest BCUT2D eigenvalue weighted by Gasteiger charge is -2.23. The van der Waals surface area contributed by atoms with Crippen molar-refractivity contribution in [2.75, 3.05) is 0 Å². The van der Waals surface area contributed by atoms with Gasteiger partial charge in [0.15, 0.2) is 0 Å². The van der Waals surface area contributed by atoms with Crippen LogP contribution in [0, 0.1) is 6.92 Å². The molecule has 1 aliphatic rings. The molecule has 0 fully saturated rings. The van der Waals surface area contributed by atoms with Gasteiger partial charge in [0.2, 0.25) is 0 Å². The molecule has 5 aromatic carbocycles. The highest BCUT2D eigenvalue weighted by Gasteiger charge is 2.21. The van der Waals surface area contributed by atoms with Gasteiger partial charge >= 0.3 is 0 Å². The van der Waals surface area contributed by atoms with E-state index in [1.807, 2.05) is 0 Å². The molecule has 0 spiro atoms. The summed E-state index contributed by atoms with van der Waals surface area (Å²) in [6, 6.07) is 42.1. The van der Waals surface area contributed by atoms with E-state index in [4.69, 9.17) is 0 Å². The highest BCUT2D eigenvalue weighted by atomic mass is 14.2. The maximum atomic E-state index is 2.36. The van der Waals surface area contributed by atoms with E-state index in [1.165, 1.54) is 61.2 Å². The molecule has 6 rings (SSSR count). The number of benzene rings is 5. The molecule has 0 radical (unpaired) electrons. The third-order valence-corrected chi connectivity index (χ3v) is 6.35. The summed E-state index contributed by atoms with van der Waals surface area (Å²) in [5, 5.41) is 0. The van der Waals surface area contributed by atoms with Crippen LogP contribution < -0.4 is 0 Å². The van der Waals surface area contributed by atoms with Gasteiger partial charge in [-0.25, -0.2) is 0 Å². The zero-order chi connectivity index (χ0) is 20.8. The van der Waals surface area contributed by atoms with Crippen molar-refractivity contribution < 1.29 is 0 Å². The van der Waals surface area contributed by atoms with Gasteiger partial charge in [0.1, 0.15) is 0 Å². The summed E-state index contributed by atoms with van der Waals surface area (Å²) in [7, 11) is 0. The second kappa shape index (κ2) is 7.11. The highest BCUT2D eigenvalue weighted by Crippen LogP contribution is 2.48. The standard InChI is InChI=1S/C31H22/c1-21-14-16-22(17-15-21)23-18-19-30-28-12-5-4-10-26(28)24-8-2-3-9-25(24)27-11-6-7-13-29(27)31(30)20-23/h2-20H,1H3. The number of hydrogen-bond acceptors (Lipinski definition) is 0. The third-order valence-electron chi connectivity index (χ3n) is 6.35. The number of aryl methyl sites for hydroxylation is 1. The van der Waals surface area contributed by atoms with Crippen LogP contribution in [-0.2, 0) is 0 Å². The van der Waals surface area contributed by atoms with Crippen LogP contribution in [-0.4, -0.2) is 0 Å². The second-order valence-electron chi connectivity index (χ2n) is 8.26.